The van der Waals surface area contributed by atoms with Gasteiger partial charge in [0.2, 0.25) is 5.91 Å². The highest BCUT2D eigenvalue weighted by Gasteiger charge is 2.21. The van der Waals surface area contributed by atoms with Gasteiger partial charge in [0.1, 0.15) is 0 Å². The molecule has 0 fully saturated rings. The summed E-state index contributed by atoms with van der Waals surface area (Å²) in [7, 11) is -3.30. The number of anilines is 1. The summed E-state index contributed by atoms with van der Waals surface area (Å²) < 4.78 is 24.6. The molecule has 1 aromatic heterocycles. The number of thiazole rings is 1. The highest BCUT2D eigenvalue weighted by Crippen LogP contribution is 2.31. The second-order valence-corrected chi connectivity index (χ2v) is 11.9. The number of hydrogen-bond donors (Lipinski definition) is 0. The minimum Gasteiger partial charge on any atom is -0.302 e. The molecule has 0 spiro atoms. The van der Waals surface area contributed by atoms with Gasteiger partial charge in [0, 0.05) is 30.7 Å². The molecule has 0 saturated heterocycles. The molecule has 34 heavy (non-hydrogen) atoms. The maximum absolute atomic E-state index is 13.2. The number of benzene rings is 2. The Morgan fingerprint density at radius 2 is 1.76 bits per heavy atom. The van der Waals surface area contributed by atoms with E-state index in [1.165, 1.54) is 22.5 Å². The van der Waals surface area contributed by atoms with Crippen molar-refractivity contribution >= 4 is 66.6 Å². The molecule has 0 N–H and O–H groups in total. The second-order valence-electron chi connectivity index (χ2n) is 7.74. The highest BCUT2D eigenvalue weighted by molar-refractivity contribution is 7.99. The van der Waals surface area contributed by atoms with Crippen molar-refractivity contribution in [2.45, 2.75) is 36.5 Å². The molecule has 0 aliphatic carbocycles. The molecule has 10 heteroatoms. The van der Waals surface area contributed by atoms with Crippen molar-refractivity contribution in [3.05, 3.63) is 48.5 Å². The quantitative estimate of drug-likeness (QED) is 0.227. The molecule has 3 aromatic rings. The second kappa shape index (κ2) is 13.4. The average Bonchev–Trinajstić information content (AvgIpc) is 3.22. The number of aromatic nitrogens is 1. The Labute approximate surface area is 217 Å². The van der Waals surface area contributed by atoms with E-state index in [4.69, 9.17) is 0 Å². The molecule has 186 valence electrons. The van der Waals surface area contributed by atoms with Crippen LogP contribution in [0.1, 0.15) is 26.7 Å². The molecule has 0 saturated carbocycles. The zero-order valence-electron chi connectivity index (χ0n) is 19.8. The van der Waals surface area contributed by atoms with E-state index in [9.17, 15) is 13.2 Å². The number of carbonyl (C=O) groups is 1. The minimum absolute atomic E-state index is 0. The van der Waals surface area contributed by atoms with Gasteiger partial charge < -0.3 is 4.90 Å². The van der Waals surface area contributed by atoms with Crippen molar-refractivity contribution in [3.8, 4) is 0 Å². The molecule has 0 atom stereocenters. The van der Waals surface area contributed by atoms with E-state index < -0.39 is 9.84 Å². The molecular formula is C24H32ClN3O3S3. The fraction of sp³-hybridized carbons (Fsp3) is 0.417. The van der Waals surface area contributed by atoms with Gasteiger partial charge in [0.25, 0.3) is 0 Å². The SMILES string of the molecule is CCN(CC)CCN(C(=O)CCCSc1ccccc1)c1nc2ccc(S(C)(=O)=O)cc2s1.Cl. The molecular weight excluding hydrogens is 510 g/mol. The van der Waals surface area contributed by atoms with Crippen molar-refractivity contribution in [2.24, 2.45) is 0 Å². The fourth-order valence-corrected chi connectivity index (χ4v) is 6.06. The van der Waals surface area contributed by atoms with Crippen LogP contribution in [-0.2, 0) is 14.6 Å². The molecule has 0 unspecified atom stereocenters. The lowest BCUT2D eigenvalue weighted by atomic mass is 10.3. The number of likely N-dealkylation sites (N-methyl/N-ethyl adjacent to an activating group) is 1. The lowest BCUT2D eigenvalue weighted by Crippen LogP contribution is -2.38. The van der Waals surface area contributed by atoms with E-state index >= 15 is 0 Å². The number of amides is 1. The topological polar surface area (TPSA) is 70.6 Å². The van der Waals surface area contributed by atoms with Crippen LogP contribution in [0.25, 0.3) is 10.2 Å². The van der Waals surface area contributed by atoms with Crippen molar-refractivity contribution in [1.29, 1.82) is 0 Å². The number of nitrogens with zero attached hydrogens (tertiary/aromatic N) is 3. The molecule has 1 amide bonds. The minimum atomic E-state index is -3.30. The van der Waals surface area contributed by atoms with Crippen LogP contribution in [0, 0.1) is 0 Å². The number of sulfone groups is 1. The average molecular weight is 542 g/mol. The third-order valence-electron chi connectivity index (χ3n) is 5.39. The predicted molar refractivity (Wildman–Crippen MR) is 147 cm³/mol. The van der Waals surface area contributed by atoms with Crippen LogP contribution in [0.15, 0.2) is 58.3 Å². The lowest BCUT2D eigenvalue weighted by Gasteiger charge is -2.24. The maximum atomic E-state index is 13.2. The summed E-state index contributed by atoms with van der Waals surface area (Å²) in [5.41, 5.74) is 0.711. The van der Waals surface area contributed by atoms with E-state index in [0.717, 1.165) is 36.5 Å². The third-order valence-corrected chi connectivity index (χ3v) is 8.64. The van der Waals surface area contributed by atoms with Crippen LogP contribution in [0.5, 0.6) is 0 Å². The number of fused-ring (bicyclic) bond motifs is 1. The van der Waals surface area contributed by atoms with Gasteiger partial charge in [-0.05, 0) is 55.6 Å². The smallest absolute Gasteiger partial charge is 0.228 e. The van der Waals surface area contributed by atoms with Gasteiger partial charge >= 0.3 is 0 Å². The summed E-state index contributed by atoms with van der Waals surface area (Å²) in [6.45, 7) is 7.39. The highest BCUT2D eigenvalue weighted by atomic mass is 35.5. The summed E-state index contributed by atoms with van der Waals surface area (Å²) in [5.74, 6) is 0.926. The van der Waals surface area contributed by atoms with Gasteiger partial charge in [-0.15, -0.1) is 24.2 Å². The standard InChI is InChI=1S/C24H31N3O3S3.ClH/c1-4-26(5-2)15-16-27(23(28)12-9-17-31-19-10-7-6-8-11-19)24-25-21-14-13-20(33(3,29)30)18-22(21)32-24;/h6-8,10-11,13-14,18H,4-5,9,12,15-17H2,1-3H3;1H. The summed E-state index contributed by atoms with van der Waals surface area (Å²) >= 11 is 3.13. The van der Waals surface area contributed by atoms with E-state index in [0.29, 0.717) is 23.6 Å². The van der Waals surface area contributed by atoms with Crippen LogP contribution in [0.2, 0.25) is 0 Å². The van der Waals surface area contributed by atoms with Crippen LogP contribution < -0.4 is 4.90 Å². The molecule has 0 aliphatic rings. The Morgan fingerprint density at radius 1 is 1.06 bits per heavy atom. The molecule has 6 nitrogen and oxygen atoms in total. The normalized spacial score (nSPS) is 11.5. The lowest BCUT2D eigenvalue weighted by molar-refractivity contribution is -0.118. The first-order chi connectivity index (χ1) is 15.8. The summed E-state index contributed by atoms with van der Waals surface area (Å²) in [4.78, 5) is 23.4. The molecule has 0 aliphatic heterocycles. The fourth-order valence-electron chi connectivity index (χ4n) is 3.41. The first-order valence-electron chi connectivity index (χ1n) is 11.1. The van der Waals surface area contributed by atoms with Crippen LogP contribution >= 0.6 is 35.5 Å². The number of hydrogen-bond acceptors (Lipinski definition) is 7. The van der Waals surface area contributed by atoms with Gasteiger partial charge in [0.15, 0.2) is 15.0 Å². The Kier molecular flexibility index (Phi) is 11.3. The molecule has 0 bridgehead atoms. The summed E-state index contributed by atoms with van der Waals surface area (Å²) in [6.07, 6.45) is 2.43. The van der Waals surface area contributed by atoms with E-state index in [1.54, 1.807) is 34.9 Å². The summed E-state index contributed by atoms with van der Waals surface area (Å²) in [5, 5.41) is 0.628. The number of carbonyl (C=O) groups excluding carboxylic acids is 1. The van der Waals surface area contributed by atoms with E-state index in [1.807, 2.05) is 18.2 Å². The zero-order chi connectivity index (χ0) is 23.8. The van der Waals surface area contributed by atoms with Gasteiger partial charge in [-0.3, -0.25) is 9.69 Å². The maximum Gasteiger partial charge on any atom is 0.228 e. The van der Waals surface area contributed by atoms with Crippen molar-refractivity contribution in [3.63, 3.8) is 0 Å². The third kappa shape index (κ3) is 7.95. The number of thioether (sulfide) groups is 1. The molecule has 3 rings (SSSR count). The molecule has 1 heterocycles. The Hall–Kier alpha value is -1.65. The number of rotatable bonds is 12. The number of halogens is 1. The zero-order valence-corrected chi connectivity index (χ0v) is 23.0. The van der Waals surface area contributed by atoms with Crippen LogP contribution in [-0.4, -0.2) is 62.4 Å². The van der Waals surface area contributed by atoms with Crippen molar-refractivity contribution in [1.82, 2.24) is 9.88 Å². The van der Waals surface area contributed by atoms with Crippen molar-refractivity contribution < 1.29 is 13.2 Å². The van der Waals surface area contributed by atoms with Crippen LogP contribution in [0.3, 0.4) is 0 Å². The van der Waals surface area contributed by atoms with Crippen molar-refractivity contribution in [2.75, 3.05) is 43.1 Å². The Morgan fingerprint density at radius 3 is 2.41 bits per heavy atom. The van der Waals surface area contributed by atoms with Gasteiger partial charge in [0.05, 0.1) is 15.1 Å². The van der Waals surface area contributed by atoms with E-state index in [2.05, 4.69) is 35.9 Å². The molecule has 0 radical (unpaired) electrons. The van der Waals surface area contributed by atoms with Gasteiger partial charge in [-0.2, -0.15) is 0 Å². The van der Waals surface area contributed by atoms with Gasteiger partial charge in [-0.1, -0.05) is 43.4 Å². The van der Waals surface area contributed by atoms with Crippen LogP contribution in [0.4, 0.5) is 5.13 Å². The first kappa shape index (κ1) is 28.6. The largest absolute Gasteiger partial charge is 0.302 e. The monoisotopic (exact) mass is 541 g/mol. The Balaban J connectivity index is 0.00000408. The Bertz CT molecular complexity index is 1170. The van der Waals surface area contributed by atoms with E-state index in [-0.39, 0.29) is 23.2 Å². The first-order valence-corrected chi connectivity index (χ1v) is 14.8. The predicted octanol–water partition coefficient (Wildman–Crippen LogP) is 5.37. The summed E-state index contributed by atoms with van der Waals surface area (Å²) in [6, 6.07) is 15.1. The molecule has 2 aromatic carbocycles. The van der Waals surface area contributed by atoms with Gasteiger partial charge in [-0.25, -0.2) is 13.4 Å².